The molecule has 0 spiro atoms. The van der Waals surface area contributed by atoms with Crippen molar-refractivity contribution in [2.45, 2.75) is 18.6 Å². The molecular weight excluding hydrogens is 180 g/mol. The van der Waals surface area contributed by atoms with E-state index >= 15 is 0 Å². The highest BCUT2D eigenvalue weighted by molar-refractivity contribution is 5.37. The Labute approximate surface area is 97.6 Å². The maximum absolute atomic E-state index is 8.66. The van der Waals surface area contributed by atoms with Gasteiger partial charge in [-0.1, -0.05) is 54.6 Å². The average Bonchev–Trinajstić information content (AvgIpc) is 2.58. The quantitative estimate of drug-likeness (QED) is 0.658. The SMILES string of the molecule is [2H]C1([2H])c2ccccc2C([2H])([2H])C1([2H])c1ccccc1. The molecule has 0 aromatic heterocycles. The van der Waals surface area contributed by atoms with Crippen LogP contribution in [0, 0.1) is 0 Å². The number of rotatable bonds is 1. The molecule has 0 nitrogen and oxygen atoms in total. The van der Waals surface area contributed by atoms with Crippen LogP contribution in [0.15, 0.2) is 54.6 Å². The smallest absolute Gasteiger partial charge is 0.0359 e. The minimum absolute atomic E-state index is 0.267. The summed E-state index contributed by atoms with van der Waals surface area (Å²) in [4.78, 5) is 0. The molecule has 0 heterocycles. The molecule has 0 N–H and O–H groups in total. The minimum atomic E-state index is -2.09. The summed E-state index contributed by atoms with van der Waals surface area (Å²) in [7, 11) is 0. The normalized spacial score (nSPS) is 28.9. The van der Waals surface area contributed by atoms with E-state index in [4.69, 9.17) is 6.85 Å². The van der Waals surface area contributed by atoms with Gasteiger partial charge in [0, 0.05) is 6.85 Å². The first-order valence-corrected chi connectivity index (χ1v) is 4.99. The summed E-state index contributed by atoms with van der Waals surface area (Å²) >= 11 is 0. The van der Waals surface area contributed by atoms with Gasteiger partial charge in [0.2, 0.25) is 0 Å². The second-order valence-electron chi connectivity index (χ2n) is 3.54. The first-order valence-electron chi connectivity index (χ1n) is 7.49. The van der Waals surface area contributed by atoms with Crippen LogP contribution in [0.4, 0.5) is 0 Å². The van der Waals surface area contributed by atoms with Gasteiger partial charge in [0.25, 0.3) is 0 Å². The molecule has 0 bridgehead atoms. The van der Waals surface area contributed by atoms with Crippen molar-refractivity contribution in [3.63, 3.8) is 0 Å². The molecule has 0 fully saturated rings. The third-order valence-electron chi connectivity index (χ3n) is 2.51. The second kappa shape index (κ2) is 3.54. The molecule has 0 saturated carbocycles. The molecule has 2 aromatic rings. The molecule has 3 rings (SSSR count). The van der Waals surface area contributed by atoms with Crippen molar-refractivity contribution in [3.8, 4) is 0 Å². The topological polar surface area (TPSA) is 0 Å². The van der Waals surface area contributed by atoms with E-state index < -0.39 is 18.6 Å². The highest BCUT2D eigenvalue weighted by atomic mass is 14.3. The zero-order valence-electron chi connectivity index (χ0n) is 13.2. The summed E-state index contributed by atoms with van der Waals surface area (Å²) < 4.78 is 42.1. The molecule has 0 unspecified atom stereocenters. The van der Waals surface area contributed by atoms with E-state index in [0.717, 1.165) is 0 Å². The van der Waals surface area contributed by atoms with Crippen LogP contribution in [-0.2, 0) is 12.7 Å². The number of hydrogen-bond donors (Lipinski definition) is 0. The standard InChI is InChI=1S/C15H14/c1-2-6-12(7-3-1)15-10-13-8-4-5-9-14(13)11-15/h1-9,15H,10-11H2/i10D2,11D2,15D. The Morgan fingerprint density at radius 3 is 2.00 bits per heavy atom. The van der Waals surface area contributed by atoms with Gasteiger partial charge in [-0.15, -0.1) is 0 Å². The van der Waals surface area contributed by atoms with Gasteiger partial charge < -0.3 is 0 Å². The lowest BCUT2D eigenvalue weighted by Gasteiger charge is -2.08. The van der Waals surface area contributed by atoms with Crippen molar-refractivity contribution in [1.29, 1.82) is 0 Å². The van der Waals surface area contributed by atoms with Gasteiger partial charge >= 0.3 is 0 Å². The van der Waals surface area contributed by atoms with E-state index in [2.05, 4.69) is 0 Å². The molecule has 2 aromatic carbocycles. The van der Waals surface area contributed by atoms with Crippen LogP contribution in [0.1, 0.15) is 29.4 Å². The molecule has 0 radical (unpaired) electrons. The maximum Gasteiger partial charge on any atom is 0.0359 e. The predicted molar refractivity (Wildman–Crippen MR) is 63.0 cm³/mol. The number of hydrogen-bond acceptors (Lipinski definition) is 0. The fourth-order valence-corrected chi connectivity index (χ4v) is 1.75. The monoisotopic (exact) mass is 199 g/mol. The van der Waals surface area contributed by atoms with E-state index in [-0.39, 0.29) is 11.1 Å². The van der Waals surface area contributed by atoms with E-state index in [1.54, 1.807) is 54.6 Å². The van der Waals surface area contributed by atoms with E-state index in [1.165, 1.54) is 0 Å². The Kier molecular flexibility index (Phi) is 1.18. The van der Waals surface area contributed by atoms with Crippen molar-refractivity contribution in [1.82, 2.24) is 0 Å². The fourth-order valence-electron chi connectivity index (χ4n) is 1.75. The third kappa shape index (κ3) is 1.56. The zero-order valence-corrected chi connectivity index (χ0v) is 8.20. The summed E-state index contributed by atoms with van der Waals surface area (Å²) in [5, 5.41) is 0. The predicted octanol–water partition coefficient (Wildman–Crippen LogP) is 3.57. The summed E-state index contributed by atoms with van der Waals surface area (Å²) in [6, 6.07) is 15.0. The largest absolute Gasteiger partial charge is 0.0622 e. The lowest BCUT2D eigenvalue weighted by Crippen LogP contribution is -1.96. The van der Waals surface area contributed by atoms with E-state index in [9.17, 15) is 0 Å². The van der Waals surface area contributed by atoms with Gasteiger partial charge in [-0.3, -0.25) is 0 Å². The summed E-state index contributed by atoms with van der Waals surface area (Å²) in [6.07, 6.45) is -4.18. The van der Waals surface area contributed by atoms with Gasteiger partial charge in [-0.25, -0.2) is 0 Å². The molecule has 74 valence electrons. The summed E-state index contributed by atoms with van der Waals surface area (Å²) in [6.45, 7) is 0. The van der Waals surface area contributed by atoms with Gasteiger partial charge in [0.15, 0.2) is 0 Å². The molecule has 1 aliphatic rings. The molecule has 0 heteroatoms. The van der Waals surface area contributed by atoms with Gasteiger partial charge in [-0.2, -0.15) is 0 Å². The lowest BCUT2D eigenvalue weighted by molar-refractivity contribution is 0.742. The molecule has 0 atom stereocenters. The van der Waals surface area contributed by atoms with Gasteiger partial charge in [-0.05, 0) is 35.3 Å². The van der Waals surface area contributed by atoms with Crippen molar-refractivity contribution >= 4 is 0 Å². The summed E-state index contributed by atoms with van der Waals surface area (Å²) in [5.41, 5.74) is 0.888. The molecule has 0 aliphatic heterocycles. The van der Waals surface area contributed by atoms with Crippen LogP contribution in [0.5, 0.6) is 0 Å². The highest BCUT2D eigenvalue weighted by Crippen LogP contribution is 2.33. The van der Waals surface area contributed by atoms with Gasteiger partial charge in [0.1, 0.15) is 0 Å². The first-order chi connectivity index (χ1) is 9.33. The van der Waals surface area contributed by atoms with Gasteiger partial charge in [0.05, 0.1) is 0 Å². The third-order valence-corrected chi connectivity index (χ3v) is 2.51. The Bertz CT molecular complexity index is 613. The van der Waals surface area contributed by atoms with E-state index in [0.29, 0.717) is 5.56 Å². The van der Waals surface area contributed by atoms with Crippen LogP contribution in [0.3, 0.4) is 0 Å². The number of fused-ring (bicyclic) bond motifs is 1. The molecule has 15 heavy (non-hydrogen) atoms. The van der Waals surface area contributed by atoms with Crippen LogP contribution >= 0.6 is 0 Å². The Morgan fingerprint density at radius 1 is 0.867 bits per heavy atom. The number of benzene rings is 2. The van der Waals surface area contributed by atoms with Crippen molar-refractivity contribution < 1.29 is 6.85 Å². The van der Waals surface area contributed by atoms with Crippen LogP contribution in [-0.4, -0.2) is 0 Å². The second-order valence-corrected chi connectivity index (χ2v) is 3.54. The van der Waals surface area contributed by atoms with Crippen LogP contribution in [0.25, 0.3) is 0 Å². The molecular formula is C15H14. The average molecular weight is 199 g/mol. The molecule has 1 aliphatic carbocycles. The van der Waals surface area contributed by atoms with Crippen LogP contribution < -0.4 is 0 Å². The minimum Gasteiger partial charge on any atom is -0.0622 e. The maximum atomic E-state index is 8.66. The Hall–Kier alpha value is -1.56. The molecule has 0 amide bonds. The van der Waals surface area contributed by atoms with Crippen molar-refractivity contribution in [2.75, 3.05) is 0 Å². The summed E-state index contributed by atoms with van der Waals surface area (Å²) in [5.74, 6) is -2.00. The first kappa shape index (κ1) is 4.98. The molecule has 0 saturated heterocycles. The van der Waals surface area contributed by atoms with Crippen molar-refractivity contribution in [3.05, 3.63) is 71.3 Å². The van der Waals surface area contributed by atoms with E-state index in [1.807, 2.05) is 0 Å². The van der Waals surface area contributed by atoms with Crippen LogP contribution in [0.2, 0.25) is 0 Å². The Morgan fingerprint density at radius 2 is 1.40 bits per heavy atom. The fraction of sp³-hybridized carbons (Fsp3) is 0.200. The van der Waals surface area contributed by atoms with Crippen molar-refractivity contribution in [2.24, 2.45) is 0 Å². The highest BCUT2D eigenvalue weighted by Gasteiger charge is 2.21. The Balaban J connectivity index is 2.33. The zero-order chi connectivity index (χ0) is 14.6. The lowest BCUT2D eigenvalue weighted by atomic mass is 9.96.